The molecule has 0 aliphatic heterocycles. The van der Waals surface area contributed by atoms with E-state index < -0.39 is 0 Å². The molecule has 0 aliphatic carbocycles. The van der Waals surface area contributed by atoms with Crippen molar-refractivity contribution < 1.29 is 0 Å². The van der Waals surface area contributed by atoms with Crippen LogP contribution in [0.1, 0.15) is 0 Å². The fourth-order valence-corrected chi connectivity index (χ4v) is 14.5. The van der Waals surface area contributed by atoms with Crippen molar-refractivity contribution in [2.24, 2.45) is 0 Å². The molecule has 0 saturated carbocycles. The minimum absolute atomic E-state index is 0.140. The van der Waals surface area contributed by atoms with Crippen LogP contribution in [0.5, 0.6) is 0 Å². The Kier molecular flexibility index (Phi) is 3.82. The quantitative estimate of drug-likeness (QED) is 0.575. The second kappa shape index (κ2) is 4.69. The minimum atomic E-state index is -0.140. The summed E-state index contributed by atoms with van der Waals surface area (Å²) >= 11 is 0. The van der Waals surface area contributed by atoms with Gasteiger partial charge in [-0.2, -0.15) is 0 Å². The summed E-state index contributed by atoms with van der Waals surface area (Å²) in [4.78, 5) is 0. The summed E-state index contributed by atoms with van der Waals surface area (Å²) in [5.41, 5.74) is 0. The highest BCUT2D eigenvalue weighted by Crippen LogP contribution is 1.81. The molecule has 3 heteroatoms. The smallest absolute Gasteiger partial charge is 0.0395 e. The van der Waals surface area contributed by atoms with Crippen LogP contribution in [0.4, 0.5) is 0 Å². The molecule has 1 aromatic rings. The first-order chi connectivity index (χ1) is 5.29. The van der Waals surface area contributed by atoms with E-state index in [0.717, 1.165) is 0 Å². The maximum Gasteiger partial charge on any atom is 0.0395 e. The van der Waals surface area contributed by atoms with Gasteiger partial charge in [0.1, 0.15) is 0 Å². The molecule has 0 atom stereocenters. The van der Waals surface area contributed by atoms with Crippen LogP contribution in [0.15, 0.2) is 30.3 Å². The number of benzene rings is 1. The highest BCUT2D eigenvalue weighted by atomic mass is 29.5. The first kappa shape index (κ1) is 8.96. The minimum Gasteiger partial charge on any atom is -0.0747 e. The van der Waals surface area contributed by atoms with Crippen LogP contribution in [-0.2, 0) is 0 Å². The van der Waals surface area contributed by atoms with Crippen LogP contribution in [0.25, 0.3) is 0 Å². The summed E-state index contributed by atoms with van der Waals surface area (Å²) in [6.07, 6.45) is 0. The maximum absolute atomic E-state index is 2.50. The molecule has 1 aromatic carbocycles. The van der Waals surface area contributed by atoms with Gasteiger partial charge >= 0.3 is 0 Å². The van der Waals surface area contributed by atoms with Gasteiger partial charge in [-0.15, -0.1) is 0 Å². The highest BCUT2D eigenvalue weighted by molar-refractivity contribution is 7.37. The Labute approximate surface area is 74.9 Å². The Morgan fingerprint density at radius 1 is 1.09 bits per heavy atom. The Bertz CT molecular complexity index is 196. The number of hydrogen-bond donors (Lipinski definition) is 0. The lowest BCUT2D eigenvalue weighted by atomic mass is 10.4. The predicted octanol–water partition coefficient (Wildman–Crippen LogP) is -0.452. The molecule has 0 amide bonds. The average Bonchev–Trinajstić information content (AvgIpc) is 2.03. The lowest BCUT2D eigenvalue weighted by molar-refractivity contribution is 1.77. The lowest BCUT2D eigenvalue weighted by Crippen LogP contribution is -2.28. The SMILES string of the molecule is C[SiH](C)[SiH2][SiH2]c1ccccc1. The molecule has 0 saturated heterocycles. The lowest BCUT2D eigenvalue weighted by Gasteiger charge is -2.00. The van der Waals surface area contributed by atoms with E-state index in [4.69, 9.17) is 0 Å². The first-order valence-electron chi connectivity index (χ1n) is 4.33. The monoisotopic (exact) mass is 196 g/mol. The predicted molar refractivity (Wildman–Crippen MR) is 62.0 cm³/mol. The Balaban J connectivity index is 2.39. The van der Waals surface area contributed by atoms with Crippen molar-refractivity contribution in [2.45, 2.75) is 13.1 Å². The standard InChI is InChI=1S/C8H16Si3/c1-11(2)10-9-8-6-4-3-5-7-8/h3-7,11H,9-10H2,1-2H3. The van der Waals surface area contributed by atoms with Crippen molar-refractivity contribution in [1.82, 2.24) is 0 Å². The van der Waals surface area contributed by atoms with Crippen LogP contribution in [0.3, 0.4) is 0 Å². The molecule has 0 heterocycles. The van der Waals surface area contributed by atoms with Gasteiger partial charge in [0.25, 0.3) is 0 Å². The van der Waals surface area contributed by atoms with Gasteiger partial charge in [-0.05, 0) is 0 Å². The Morgan fingerprint density at radius 2 is 1.73 bits per heavy atom. The molecule has 0 bridgehead atoms. The van der Waals surface area contributed by atoms with Crippen LogP contribution < -0.4 is 5.19 Å². The number of rotatable bonds is 3. The molecular weight excluding hydrogens is 180 g/mol. The van der Waals surface area contributed by atoms with Gasteiger partial charge in [0.15, 0.2) is 0 Å². The van der Waals surface area contributed by atoms with Crippen molar-refractivity contribution in [3.05, 3.63) is 30.3 Å². The van der Waals surface area contributed by atoms with Crippen LogP contribution in [0, 0.1) is 0 Å². The third-order valence-corrected chi connectivity index (χ3v) is 23.4. The molecule has 11 heavy (non-hydrogen) atoms. The summed E-state index contributed by atoms with van der Waals surface area (Å²) in [6.45, 7) is 5.00. The summed E-state index contributed by atoms with van der Waals surface area (Å²) in [7, 11) is 0.528. The summed E-state index contributed by atoms with van der Waals surface area (Å²) in [5.74, 6) is 0. The van der Waals surface area contributed by atoms with Crippen LogP contribution in [-0.4, -0.2) is 25.9 Å². The second-order valence-corrected chi connectivity index (χ2v) is 21.4. The third kappa shape index (κ3) is 3.69. The van der Waals surface area contributed by atoms with E-state index in [-0.39, 0.29) is 17.4 Å². The van der Waals surface area contributed by atoms with E-state index in [1.807, 2.05) is 0 Å². The highest BCUT2D eigenvalue weighted by Gasteiger charge is 1.97. The number of hydrogen-bond acceptors (Lipinski definition) is 0. The summed E-state index contributed by atoms with van der Waals surface area (Å²) in [6, 6.07) is 11.1. The molecule has 0 nitrogen and oxygen atoms in total. The Morgan fingerprint density at radius 3 is 2.27 bits per heavy atom. The van der Waals surface area contributed by atoms with E-state index in [9.17, 15) is 0 Å². The van der Waals surface area contributed by atoms with Gasteiger partial charge < -0.3 is 0 Å². The molecule has 0 radical (unpaired) electrons. The van der Waals surface area contributed by atoms with Gasteiger partial charge in [0.05, 0.1) is 0 Å². The van der Waals surface area contributed by atoms with E-state index >= 15 is 0 Å². The fraction of sp³-hybridized carbons (Fsp3) is 0.250. The molecule has 0 fully saturated rings. The fourth-order valence-electron chi connectivity index (χ4n) is 1.10. The molecule has 0 unspecified atom stereocenters. The zero-order valence-corrected chi connectivity index (χ0v) is 11.4. The topological polar surface area (TPSA) is 0 Å². The summed E-state index contributed by atoms with van der Waals surface area (Å²) in [5, 5.41) is 1.69. The summed E-state index contributed by atoms with van der Waals surface area (Å²) < 4.78 is 0. The van der Waals surface area contributed by atoms with Crippen molar-refractivity contribution in [3.8, 4) is 0 Å². The van der Waals surface area contributed by atoms with Crippen LogP contribution >= 0.6 is 0 Å². The average molecular weight is 196 g/mol. The van der Waals surface area contributed by atoms with Gasteiger partial charge in [0, 0.05) is 25.9 Å². The molecule has 1 rings (SSSR count). The van der Waals surface area contributed by atoms with Crippen molar-refractivity contribution in [3.63, 3.8) is 0 Å². The molecular formula is C8H16Si3. The molecule has 0 N–H and O–H groups in total. The van der Waals surface area contributed by atoms with Crippen molar-refractivity contribution in [1.29, 1.82) is 0 Å². The van der Waals surface area contributed by atoms with Crippen molar-refractivity contribution >= 4 is 31.1 Å². The van der Waals surface area contributed by atoms with Crippen molar-refractivity contribution in [2.75, 3.05) is 0 Å². The van der Waals surface area contributed by atoms with E-state index in [1.165, 1.54) is 0 Å². The molecule has 0 aliphatic rings. The Hall–Kier alpha value is -0.129. The molecule has 60 valence electrons. The van der Waals surface area contributed by atoms with Gasteiger partial charge in [-0.25, -0.2) is 0 Å². The van der Waals surface area contributed by atoms with Gasteiger partial charge in [0.2, 0.25) is 0 Å². The zero-order valence-electron chi connectivity index (χ0n) is 7.38. The van der Waals surface area contributed by atoms with E-state index in [1.54, 1.807) is 5.19 Å². The molecule has 0 aromatic heterocycles. The second-order valence-electron chi connectivity index (χ2n) is 3.42. The maximum atomic E-state index is 2.50. The third-order valence-electron chi connectivity index (χ3n) is 1.85. The van der Waals surface area contributed by atoms with E-state index in [2.05, 4.69) is 43.4 Å². The zero-order chi connectivity index (χ0) is 8.10. The normalized spacial score (nSPS) is 12.6. The van der Waals surface area contributed by atoms with Crippen LogP contribution in [0.2, 0.25) is 13.1 Å². The first-order valence-corrected chi connectivity index (χ1v) is 14.6. The van der Waals surface area contributed by atoms with Gasteiger partial charge in [-0.3, -0.25) is 0 Å². The largest absolute Gasteiger partial charge is 0.0747 e. The molecule has 0 spiro atoms. The van der Waals surface area contributed by atoms with Gasteiger partial charge in [-0.1, -0.05) is 48.6 Å². The van der Waals surface area contributed by atoms with E-state index in [0.29, 0.717) is 8.55 Å².